The fourth-order valence-corrected chi connectivity index (χ4v) is 1.56. The number of benzene rings is 1. The molecule has 6 heteroatoms. The third-order valence-corrected chi connectivity index (χ3v) is 2.51. The van der Waals surface area contributed by atoms with Crippen LogP contribution in [-0.2, 0) is 6.54 Å². The summed E-state index contributed by atoms with van der Waals surface area (Å²) in [6.07, 6.45) is 0.697. The van der Waals surface area contributed by atoms with Gasteiger partial charge in [0.1, 0.15) is 5.75 Å². The maximum atomic E-state index is 8.69. The zero-order chi connectivity index (χ0) is 13.4. The van der Waals surface area contributed by atoms with Crippen LogP contribution in [0.2, 0.25) is 0 Å². The molecule has 100 valence electrons. The van der Waals surface area contributed by atoms with Crippen LogP contribution < -0.4 is 15.8 Å². The van der Waals surface area contributed by atoms with Gasteiger partial charge >= 0.3 is 0 Å². The molecule has 0 fully saturated rings. The Morgan fingerprint density at radius 1 is 1.50 bits per heavy atom. The largest absolute Gasteiger partial charge is 0.496 e. The molecule has 0 aliphatic rings. The third kappa shape index (κ3) is 3.90. The number of oxime groups is 1. The van der Waals surface area contributed by atoms with E-state index >= 15 is 0 Å². The number of aliphatic hydroxyl groups is 1. The van der Waals surface area contributed by atoms with Crippen LogP contribution in [0.5, 0.6) is 5.75 Å². The molecule has 0 amide bonds. The van der Waals surface area contributed by atoms with Gasteiger partial charge in [-0.05, 0) is 31.2 Å². The van der Waals surface area contributed by atoms with Gasteiger partial charge in [-0.15, -0.1) is 0 Å². The number of aliphatic hydroxyl groups excluding tert-OH is 1. The Labute approximate surface area is 106 Å². The van der Waals surface area contributed by atoms with Crippen LogP contribution in [0.25, 0.3) is 0 Å². The van der Waals surface area contributed by atoms with Crippen LogP contribution in [0, 0.1) is 0 Å². The molecule has 1 aromatic carbocycles. The SMILES string of the molecule is COc1ccc(/C(N)=N/O)cc1CNCCCO. The highest BCUT2D eigenvalue weighted by Crippen LogP contribution is 2.19. The van der Waals surface area contributed by atoms with Crippen LogP contribution in [-0.4, -0.2) is 36.4 Å². The van der Waals surface area contributed by atoms with E-state index in [0.717, 1.165) is 11.3 Å². The van der Waals surface area contributed by atoms with Gasteiger partial charge in [-0.25, -0.2) is 0 Å². The van der Waals surface area contributed by atoms with E-state index in [0.29, 0.717) is 25.1 Å². The zero-order valence-corrected chi connectivity index (χ0v) is 10.4. The number of methoxy groups -OCH3 is 1. The van der Waals surface area contributed by atoms with Gasteiger partial charge in [-0.3, -0.25) is 0 Å². The molecule has 0 radical (unpaired) electrons. The molecule has 0 bridgehead atoms. The third-order valence-electron chi connectivity index (χ3n) is 2.51. The minimum absolute atomic E-state index is 0.0641. The molecule has 18 heavy (non-hydrogen) atoms. The van der Waals surface area contributed by atoms with E-state index in [-0.39, 0.29) is 12.4 Å². The summed E-state index contributed by atoms with van der Waals surface area (Å²) in [6.45, 7) is 1.47. The molecule has 1 rings (SSSR count). The predicted molar refractivity (Wildman–Crippen MR) is 68.9 cm³/mol. The van der Waals surface area contributed by atoms with E-state index in [1.807, 2.05) is 0 Å². The van der Waals surface area contributed by atoms with Crippen LogP contribution in [0.15, 0.2) is 23.4 Å². The molecule has 6 nitrogen and oxygen atoms in total. The van der Waals surface area contributed by atoms with E-state index in [9.17, 15) is 0 Å². The van der Waals surface area contributed by atoms with Crippen molar-refractivity contribution in [3.8, 4) is 5.75 Å². The molecular weight excluding hydrogens is 234 g/mol. The first-order valence-electron chi connectivity index (χ1n) is 5.69. The second kappa shape index (κ2) is 7.52. The standard InChI is InChI=1S/C12H19N3O3/c1-18-11-4-3-9(12(13)15-17)7-10(11)8-14-5-2-6-16/h3-4,7,14,16-17H,2,5-6,8H2,1H3,(H2,13,15). The number of ether oxygens (including phenoxy) is 1. The highest BCUT2D eigenvalue weighted by Gasteiger charge is 2.06. The molecule has 0 aliphatic carbocycles. The molecule has 0 aliphatic heterocycles. The van der Waals surface area contributed by atoms with Crippen LogP contribution >= 0.6 is 0 Å². The van der Waals surface area contributed by atoms with Crippen molar-refractivity contribution in [1.82, 2.24) is 5.32 Å². The normalized spacial score (nSPS) is 11.6. The summed E-state index contributed by atoms with van der Waals surface area (Å²) < 4.78 is 5.24. The van der Waals surface area contributed by atoms with E-state index in [4.69, 9.17) is 20.8 Å². The van der Waals surface area contributed by atoms with Crippen LogP contribution in [0.3, 0.4) is 0 Å². The van der Waals surface area contributed by atoms with Gasteiger partial charge in [0.15, 0.2) is 5.84 Å². The highest BCUT2D eigenvalue weighted by atomic mass is 16.5. The molecule has 0 spiro atoms. The van der Waals surface area contributed by atoms with Gasteiger partial charge in [0.2, 0.25) is 0 Å². The zero-order valence-electron chi connectivity index (χ0n) is 10.4. The Balaban J connectivity index is 2.79. The minimum Gasteiger partial charge on any atom is -0.496 e. The fourth-order valence-electron chi connectivity index (χ4n) is 1.56. The second-order valence-electron chi connectivity index (χ2n) is 3.77. The Hall–Kier alpha value is -1.79. The monoisotopic (exact) mass is 253 g/mol. The van der Waals surface area contributed by atoms with Gasteiger partial charge in [-0.2, -0.15) is 0 Å². The van der Waals surface area contributed by atoms with E-state index < -0.39 is 0 Å². The summed E-state index contributed by atoms with van der Waals surface area (Å²) >= 11 is 0. The number of nitrogens with zero attached hydrogens (tertiary/aromatic N) is 1. The van der Waals surface area contributed by atoms with Crippen molar-refractivity contribution < 1.29 is 15.1 Å². The quantitative estimate of drug-likeness (QED) is 0.184. The van der Waals surface area contributed by atoms with Crippen molar-refractivity contribution in [2.24, 2.45) is 10.9 Å². The summed E-state index contributed by atoms with van der Waals surface area (Å²) in [5.41, 5.74) is 7.09. The summed E-state index contributed by atoms with van der Waals surface area (Å²) in [7, 11) is 1.59. The van der Waals surface area contributed by atoms with Gasteiger partial charge in [-0.1, -0.05) is 5.16 Å². The highest BCUT2D eigenvalue weighted by molar-refractivity contribution is 5.97. The Morgan fingerprint density at radius 3 is 2.89 bits per heavy atom. The number of rotatable bonds is 7. The molecular formula is C12H19N3O3. The first-order chi connectivity index (χ1) is 8.72. The number of nitrogens with two attached hydrogens (primary N) is 1. The number of hydrogen-bond donors (Lipinski definition) is 4. The summed E-state index contributed by atoms with van der Waals surface area (Å²) in [5.74, 6) is 0.801. The van der Waals surface area contributed by atoms with Crippen LogP contribution in [0.4, 0.5) is 0 Å². The second-order valence-corrected chi connectivity index (χ2v) is 3.77. The van der Waals surface area contributed by atoms with E-state index in [1.54, 1.807) is 25.3 Å². The van der Waals surface area contributed by atoms with Crippen LogP contribution in [0.1, 0.15) is 17.5 Å². The first kappa shape index (κ1) is 14.3. The molecule has 0 atom stereocenters. The molecule has 5 N–H and O–H groups in total. The average molecular weight is 253 g/mol. The van der Waals surface area contributed by atoms with Gasteiger partial charge in [0.25, 0.3) is 0 Å². The lowest BCUT2D eigenvalue weighted by atomic mass is 10.1. The topological polar surface area (TPSA) is 100 Å². The predicted octanol–water partition coefficient (Wildman–Crippen LogP) is 0.262. The Kier molecular flexibility index (Phi) is 5.96. The van der Waals surface area contributed by atoms with Crippen molar-refractivity contribution in [2.75, 3.05) is 20.3 Å². The molecule has 0 saturated carbocycles. The lowest BCUT2D eigenvalue weighted by Crippen LogP contribution is -2.18. The molecule has 0 saturated heterocycles. The summed E-state index contributed by atoms with van der Waals surface area (Å²) in [6, 6.07) is 5.31. The number of hydrogen-bond acceptors (Lipinski definition) is 5. The van der Waals surface area contributed by atoms with Gasteiger partial charge in [0, 0.05) is 24.3 Å². The summed E-state index contributed by atoms with van der Waals surface area (Å²) in [5, 5.41) is 23.5. The molecule has 0 aromatic heterocycles. The van der Waals surface area contributed by atoms with E-state index in [1.165, 1.54) is 0 Å². The molecule has 1 aromatic rings. The summed E-state index contributed by atoms with van der Waals surface area (Å²) in [4.78, 5) is 0. The smallest absolute Gasteiger partial charge is 0.170 e. The van der Waals surface area contributed by atoms with E-state index in [2.05, 4.69) is 10.5 Å². The van der Waals surface area contributed by atoms with Crippen molar-refractivity contribution in [3.63, 3.8) is 0 Å². The molecule has 0 heterocycles. The maximum Gasteiger partial charge on any atom is 0.170 e. The first-order valence-corrected chi connectivity index (χ1v) is 5.69. The minimum atomic E-state index is 0.0641. The van der Waals surface area contributed by atoms with Crippen molar-refractivity contribution in [2.45, 2.75) is 13.0 Å². The Morgan fingerprint density at radius 2 is 2.28 bits per heavy atom. The van der Waals surface area contributed by atoms with Gasteiger partial charge in [0.05, 0.1) is 7.11 Å². The molecule has 0 unspecified atom stereocenters. The number of nitrogens with one attached hydrogen (secondary N) is 1. The lowest BCUT2D eigenvalue weighted by Gasteiger charge is -2.11. The maximum absolute atomic E-state index is 8.69. The van der Waals surface area contributed by atoms with Crippen molar-refractivity contribution in [1.29, 1.82) is 0 Å². The lowest BCUT2D eigenvalue weighted by molar-refractivity contribution is 0.286. The Bertz CT molecular complexity index is 408. The average Bonchev–Trinajstić information content (AvgIpc) is 2.42. The number of amidine groups is 1. The van der Waals surface area contributed by atoms with Crippen molar-refractivity contribution >= 4 is 5.84 Å². The van der Waals surface area contributed by atoms with Gasteiger partial charge < -0.3 is 26.1 Å². The van der Waals surface area contributed by atoms with Crippen molar-refractivity contribution in [3.05, 3.63) is 29.3 Å². The fraction of sp³-hybridized carbons (Fsp3) is 0.417.